The molecule has 0 bridgehead atoms. The van der Waals surface area contributed by atoms with E-state index in [1.54, 1.807) is 20.8 Å². The Morgan fingerprint density at radius 3 is 2.14 bits per heavy atom. The van der Waals surface area contributed by atoms with Crippen molar-refractivity contribution < 1.29 is 23.5 Å². The van der Waals surface area contributed by atoms with E-state index in [2.05, 4.69) is 26.5 Å². The summed E-state index contributed by atoms with van der Waals surface area (Å²) in [7, 11) is 7.68. The van der Waals surface area contributed by atoms with E-state index < -0.39 is 23.7 Å². The summed E-state index contributed by atoms with van der Waals surface area (Å²) in [4.78, 5) is 23.4. The first kappa shape index (κ1) is 19.7. The smallest absolute Gasteiger partial charge is 0.408 e. The molecule has 0 aromatic heterocycles. The molecule has 0 heterocycles. The van der Waals surface area contributed by atoms with Crippen LogP contribution in [-0.2, 0) is 14.3 Å². The highest BCUT2D eigenvalue weighted by Crippen LogP contribution is 2.09. The number of carbonyl (C=O) groups is 2. The second-order valence-corrected chi connectivity index (χ2v) is 7.23. The van der Waals surface area contributed by atoms with E-state index >= 15 is 0 Å². The lowest BCUT2D eigenvalue weighted by Crippen LogP contribution is -2.44. The molecule has 124 valence electrons. The second-order valence-electron chi connectivity index (χ2n) is 7.23. The number of rotatable bonds is 7. The topological polar surface area (TPSA) is 64.6 Å². The van der Waals surface area contributed by atoms with Crippen LogP contribution in [-0.4, -0.2) is 63.0 Å². The van der Waals surface area contributed by atoms with Crippen molar-refractivity contribution in [1.82, 2.24) is 5.32 Å². The zero-order valence-electron chi connectivity index (χ0n) is 14.5. The van der Waals surface area contributed by atoms with Gasteiger partial charge in [-0.15, -0.1) is 0 Å². The molecule has 1 atom stereocenters. The van der Waals surface area contributed by atoms with Crippen molar-refractivity contribution >= 4 is 12.1 Å². The minimum atomic E-state index is -0.655. The fraction of sp³-hybridized carbons (Fsp3) is 0.867. The van der Waals surface area contributed by atoms with Crippen molar-refractivity contribution in [1.29, 1.82) is 0 Å². The van der Waals surface area contributed by atoms with Crippen LogP contribution in [0.15, 0.2) is 0 Å². The number of amides is 1. The zero-order valence-corrected chi connectivity index (χ0v) is 14.5. The third-order valence-corrected chi connectivity index (χ3v) is 2.75. The van der Waals surface area contributed by atoms with Gasteiger partial charge in [0, 0.05) is 0 Å². The molecule has 21 heavy (non-hydrogen) atoms. The summed E-state index contributed by atoms with van der Waals surface area (Å²) in [6, 6.07) is -0.655. The number of hydrogen-bond donors (Lipinski definition) is 1. The van der Waals surface area contributed by atoms with Crippen LogP contribution in [0.5, 0.6) is 0 Å². The molecule has 1 amide bonds. The molecule has 0 radical (unpaired) electrons. The standard InChI is InChI=1S/C15H30N2O4/c1-15(2,3)21-14(19)16-12(13(18)20-7)10-8-9-11-17(4,5)6/h12H,8-11H2,1-7H3/p+1/t12-/m1/s1. The third-order valence-electron chi connectivity index (χ3n) is 2.75. The maximum atomic E-state index is 11.7. The molecule has 0 aromatic carbocycles. The summed E-state index contributed by atoms with van der Waals surface area (Å²) in [6.45, 7) is 6.35. The normalized spacial score (nSPS) is 13.5. The number of ether oxygens (including phenoxy) is 2. The monoisotopic (exact) mass is 303 g/mol. The Balaban J connectivity index is 4.34. The van der Waals surface area contributed by atoms with Gasteiger partial charge in [0.25, 0.3) is 0 Å². The number of esters is 1. The van der Waals surface area contributed by atoms with Crippen molar-refractivity contribution in [3.05, 3.63) is 0 Å². The van der Waals surface area contributed by atoms with Crippen LogP contribution in [0.1, 0.15) is 40.0 Å². The fourth-order valence-corrected chi connectivity index (χ4v) is 1.78. The third kappa shape index (κ3) is 11.1. The number of hydrogen-bond acceptors (Lipinski definition) is 4. The molecule has 0 aromatic rings. The Hall–Kier alpha value is -1.30. The van der Waals surface area contributed by atoms with E-state index in [1.807, 2.05) is 0 Å². The summed E-state index contributed by atoms with van der Waals surface area (Å²) in [5.41, 5.74) is -0.589. The first-order valence-electron chi connectivity index (χ1n) is 7.32. The van der Waals surface area contributed by atoms with Crippen LogP contribution in [0.25, 0.3) is 0 Å². The van der Waals surface area contributed by atoms with E-state index in [0.29, 0.717) is 6.42 Å². The second kappa shape index (κ2) is 8.22. The summed E-state index contributed by atoms with van der Waals surface area (Å²) in [5.74, 6) is -0.439. The minimum Gasteiger partial charge on any atom is -0.467 e. The SMILES string of the molecule is COC(=O)[C@@H](CCCC[N+](C)(C)C)NC(=O)OC(C)(C)C. The Bertz CT molecular complexity index is 343. The van der Waals surface area contributed by atoms with Crippen LogP contribution < -0.4 is 5.32 Å². The average Bonchev–Trinajstić information content (AvgIpc) is 2.28. The molecule has 1 N–H and O–H groups in total. The molecule has 0 fully saturated rings. The first-order valence-corrected chi connectivity index (χ1v) is 7.32. The maximum absolute atomic E-state index is 11.7. The van der Waals surface area contributed by atoms with Crippen molar-refractivity contribution in [3.8, 4) is 0 Å². The van der Waals surface area contributed by atoms with Gasteiger partial charge in [-0.25, -0.2) is 9.59 Å². The molecular formula is C15H31N2O4+. The number of nitrogens with one attached hydrogen (secondary N) is 1. The molecule has 0 saturated carbocycles. The van der Waals surface area contributed by atoms with Gasteiger partial charge in [-0.05, 0) is 40.0 Å². The largest absolute Gasteiger partial charge is 0.467 e. The van der Waals surface area contributed by atoms with Crippen molar-refractivity contribution in [2.45, 2.75) is 51.7 Å². The number of alkyl carbamates (subject to hydrolysis) is 1. The Labute approximate surface area is 128 Å². The average molecular weight is 303 g/mol. The van der Waals surface area contributed by atoms with E-state index in [9.17, 15) is 9.59 Å². The number of quaternary nitrogens is 1. The first-order chi connectivity index (χ1) is 9.44. The zero-order chi connectivity index (χ0) is 16.7. The van der Waals surface area contributed by atoms with Crippen LogP contribution in [0.3, 0.4) is 0 Å². The number of unbranched alkanes of at least 4 members (excludes halogenated alkanes) is 1. The van der Waals surface area contributed by atoms with Gasteiger partial charge in [0.05, 0.1) is 34.8 Å². The number of methoxy groups -OCH3 is 1. The predicted octanol–water partition coefficient (Wildman–Crippen LogP) is 1.93. The molecule has 6 heteroatoms. The predicted molar refractivity (Wildman–Crippen MR) is 81.9 cm³/mol. The van der Waals surface area contributed by atoms with Crippen LogP contribution >= 0.6 is 0 Å². The molecule has 0 spiro atoms. The lowest BCUT2D eigenvalue weighted by atomic mass is 10.1. The van der Waals surface area contributed by atoms with E-state index in [0.717, 1.165) is 23.9 Å². The molecule has 0 rings (SSSR count). The van der Waals surface area contributed by atoms with Gasteiger partial charge in [-0.1, -0.05) is 0 Å². The van der Waals surface area contributed by atoms with Crippen LogP contribution in [0.2, 0.25) is 0 Å². The molecular weight excluding hydrogens is 272 g/mol. The van der Waals surface area contributed by atoms with Gasteiger partial charge in [-0.2, -0.15) is 0 Å². The van der Waals surface area contributed by atoms with E-state index in [-0.39, 0.29) is 0 Å². The van der Waals surface area contributed by atoms with Crippen molar-refractivity contribution in [2.24, 2.45) is 0 Å². The minimum absolute atomic E-state index is 0.439. The van der Waals surface area contributed by atoms with E-state index in [4.69, 9.17) is 9.47 Å². The van der Waals surface area contributed by atoms with Gasteiger partial charge < -0.3 is 19.3 Å². The summed E-state index contributed by atoms with van der Waals surface area (Å²) >= 11 is 0. The molecule has 0 aliphatic carbocycles. The molecule has 6 nitrogen and oxygen atoms in total. The maximum Gasteiger partial charge on any atom is 0.408 e. The summed E-state index contributed by atoms with van der Waals surface area (Å²) < 4.78 is 10.8. The highest BCUT2D eigenvalue weighted by Gasteiger charge is 2.24. The van der Waals surface area contributed by atoms with Crippen molar-refractivity contribution in [2.75, 3.05) is 34.8 Å². The fourth-order valence-electron chi connectivity index (χ4n) is 1.78. The Morgan fingerprint density at radius 2 is 1.71 bits per heavy atom. The number of carbonyl (C=O) groups excluding carboxylic acids is 2. The lowest BCUT2D eigenvalue weighted by molar-refractivity contribution is -0.870. The highest BCUT2D eigenvalue weighted by atomic mass is 16.6. The molecule has 0 aliphatic heterocycles. The quantitative estimate of drug-likeness (QED) is 0.443. The highest BCUT2D eigenvalue weighted by molar-refractivity contribution is 5.81. The molecule has 0 saturated heterocycles. The van der Waals surface area contributed by atoms with Gasteiger partial charge in [0.15, 0.2) is 0 Å². The summed E-state index contributed by atoms with van der Waals surface area (Å²) in [5, 5.41) is 2.58. The van der Waals surface area contributed by atoms with Gasteiger partial charge in [0.1, 0.15) is 11.6 Å². The lowest BCUT2D eigenvalue weighted by Gasteiger charge is -2.25. The molecule has 0 unspecified atom stereocenters. The summed E-state index contributed by atoms with van der Waals surface area (Å²) in [6.07, 6.45) is 1.77. The van der Waals surface area contributed by atoms with Gasteiger partial charge in [0.2, 0.25) is 0 Å². The van der Waals surface area contributed by atoms with Crippen LogP contribution in [0, 0.1) is 0 Å². The Morgan fingerprint density at radius 1 is 1.14 bits per heavy atom. The molecule has 0 aliphatic rings. The van der Waals surface area contributed by atoms with Gasteiger partial charge in [-0.3, -0.25) is 0 Å². The van der Waals surface area contributed by atoms with Gasteiger partial charge >= 0.3 is 12.1 Å². The van der Waals surface area contributed by atoms with Crippen molar-refractivity contribution in [3.63, 3.8) is 0 Å². The van der Waals surface area contributed by atoms with Crippen LogP contribution in [0.4, 0.5) is 4.79 Å². The van der Waals surface area contributed by atoms with E-state index in [1.165, 1.54) is 7.11 Å². The Kier molecular flexibility index (Phi) is 7.71. The number of nitrogens with zero attached hydrogens (tertiary/aromatic N) is 1.